The van der Waals surface area contributed by atoms with Gasteiger partial charge in [-0.25, -0.2) is 0 Å². The van der Waals surface area contributed by atoms with Crippen LogP contribution < -0.4 is 10.1 Å². The first-order chi connectivity index (χ1) is 16.0. The number of methoxy groups -OCH3 is 1. The molecule has 1 heterocycles. The first-order valence-electron chi connectivity index (χ1n) is 11.3. The number of carbonyl (C=O) groups is 2. The van der Waals surface area contributed by atoms with E-state index in [1.807, 2.05) is 53.4 Å². The topological polar surface area (TPSA) is 58.6 Å². The summed E-state index contributed by atoms with van der Waals surface area (Å²) < 4.78 is 5.27. The molecule has 1 atom stereocenters. The second-order valence-corrected chi connectivity index (χ2v) is 8.70. The van der Waals surface area contributed by atoms with Crippen molar-refractivity contribution in [2.45, 2.75) is 19.3 Å². The molecular weight excluding hydrogens is 412 g/mol. The van der Waals surface area contributed by atoms with Crippen molar-refractivity contribution >= 4 is 11.8 Å². The Labute approximate surface area is 195 Å². The smallest absolute Gasteiger partial charge is 0.228 e. The van der Waals surface area contributed by atoms with Crippen molar-refractivity contribution in [1.29, 1.82) is 0 Å². The maximum Gasteiger partial charge on any atom is 0.228 e. The number of nitrogens with zero attached hydrogens (tertiary/aromatic N) is 1. The summed E-state index contributed by atoms with van der Waals surface area (Å²) in [6.45, 7) is 1.000. The fourth-order valence-corrected chi connectivity index (χ4v) is 4.71. The summed E-state index contributed by atoms with van der Waals surface area (Å²) in [6, 6.07) is 26.1. The van der Waals surface area contributed by atoms with E-state index in [9.17, 15) is 9.59 Å². The highest BCUT2D eigenvalue weighted by Crippen LogP contribution is 2.36. The first kappa shape index (κ1) is 22.6. The zero-order valence-corrected chi connectivity index (χ0v) is 19.2. The summed E-state index contributed by atoms with van der Waals surface area (Å²) in [7, 11) is 3.29. The molecule has 170 valence electrons. The molecule has 3 aromatic carbocycles. The summed E-state index contributed by atoms with van der Waals surface area (Å²) in [5.41, 5.74) is 3.65. The van der Waals surface area contributed by atoms with Gasteiger partial charge in [0.05, 0.1) is 18.9 Å². The fraction of sp³-hybridized carbons (Fsp3) is 0.286. The van der Waals surface area contributed by atoms with E-state index in [4.69, 9.17) is 4.74 Å². The highest BCUT2D eigenvalue weighted by molar-refractivity contribution is 5.86. The van der Waals surface area contributed by atoms with Crippen molar-refractivity contribution in [3.05, 3.63) is 90.0 Å². The van der Waals surface area contributed by atoms with E-state index < -0.39 is 5.41 Å². The molecule has 1 aliphatic heterocycles. The molecule has 0 bridgehead atoms. The van der Waals surface area contributed by atoms with Crippen molar-refractivity contribution in [1.82, 2.24) is 10.2 Å². The Hall–Kier alpha value is -3.60. The van der Waals surface area contributed by atoms with E-state index in [0.29, 0.717) is 32.4 Å². The predicted molar refractivity (Wildman–Crippen MR) is 130 cm³/mol. The van der Waals surface area contributed by atoms with Crippen LogP contribution in [0.15, 0.2) is 78.9 Å². The molecule has 5 heteroatoms. The number of hydrogen-bond donors (Lipinski definition) is 1. The number of benzene rings is 3. The van der Waals surface area contributed by atoms with Gasteiger partial charge in [-0.3, -0.25) is 9.59 Å². The van der Waals surface area contributed by atoms with Gasteiger partial charge in [-0.15, -0.1) is 0 Å². The predicted octanol–water partition coefficient (Wildman–Crippen LogP) is 4.11. The van der Waals surface area contributed by atoms with Gasteiger partial charge in [-0.2, -0.15) is 0 Å². The third kappa shape index (κ3) is 5.08. The quantitative estimate of drug-likeness (QED) is 0.599. The normalized spacial score (nSPS) is 17.6. The molecule has 0 saturated carbocycles. The maximum absolute atomic E-state index is 13.1. The highest BCUT2D eigenvalue weighted by atomic mass is 16.5. The third-order valence-corrected chi connectivity index (χ3v) is 6.48. The molecule has 2 amide bonds. The number of ether oxygens (including phenoxy) is 1. The maximum atomic E-state index is 13.1. The van der Waals surface area contributed by atoms with Crippen LogP contribution in [0, 0.1) is 5.41 Å². The van der Waals surface area contributed by atoms with Crippen LogP contribution in [0.1, 0.15) is 17.5 Å². The molecule has 1 unspecified atom stereocenters. The summed E-state index contributed by atoms with van der Waals surface area (Å²) in [5.74, 6) is 0.760. The number of hydrogen-bond acceptors (Lipinski definition) is 3. The summed E-state index contributed by atoms with van der Waals surface area (Å²) in [6.07, 6.45) is 1.53. The van der Waals surface area contributed by atoms with Crippen LogP contribution in [0.3, 0.4) is 0 Å². The van der Waals surface area contributed by atoms with Gasteiger partial charge < -0.3 is 15.0 Å². The third-order valence-electron chi connectivity index (χ3n) is 6.48. The van der Waals surface area contributed by atoms with Gasteiger partial charge in [0.2, 0.25) is 11.8 Å². The molecule has 1 N–H and O–H groups in total. The molecular formula is C28H30N2O3. The number of carbonyl (C=O) groups excluding carboxylic acids is 2. The van der Waals surface area contributed by atoms with Crippen molar-refractivity contribution in [2.24, 2.45) is 5.41 Å². The number of nitrogens with one attached hydrogen (secondary N) is 1. The SMILES string of the molecule is CNC(=O)C1(Cc2cccc(-c3ccccc3)c2)CCN(C(=O)Cc2cccc(OC)c2)C1. The second-order valence-electron chi connectivity index (χ2n) is 8.70. The summed E-state index contributed by atoms with van der Waals surface area (Å²) in [5, 5.41) is 2.85. The first-order valence-corrected chi connectivity index (χ1v) is 11.3. The lowest BCUT2D eigenvalue weighted by Crippen LogP contribution is -2.44. The minimum Gasteiger partial charge on any atom is -0.497 e. The highest BCUT2D eigenvalue weighted by Gasteiger charge is 2.45. The summed E-state index contributed by atoms with van der Waals surface area (Å²) >= 11 is 0. The monoisotopic (exact) mass is 442 g/mol. The fourth-order valence-electron chi connectivity index (χ4n) is 4.71. The standard InChI is InChI=1S/C28H30N2O3/c1-29-27(32)28(19-22-9-6-12-24(16-22)23-10-4-3-5-11-23)14-15-30(20-28)26(31)18-21-8-7-13-25(17-21)33-2/h3-13,16-17H,14-15,18-20H2,1-2H3,(H,29,32). The van der Waals surface area contributed by atoms with Crippen LogP contribution in [0.2, 0.25) is 0 Å². The van der Waals surface area contributed by atoms with Crippen molar-refractivity contribution in [3.63, 3.8) is 0 Å². The van der Waals surface area contributed by atoms with Crippen LogP contribution in [0.25, 0.3) is 11.1 Å². The van der Waals surface area contributed by atoms with E-state index >= 15 is 0 Å². The van der Waals surface area contributed by atoms with E-state index in [2.05, 4.69) is 35.6 Å². The summed E-state index contributed by atoms with van der Waals surface area (Å²) in [4.78, 5) is 27.9. The van der Waals surface area contributed by atoms with E-state index in [-0.39, 0.29) is 11.8 Å². The van der Waals surface area contributed by atoms with Crippen LogP contribution in [-0.2, 0) is 22.4 Å². The molecule has 0 aromatic heterocycles. The average molecular weight is 443 g/mol. The van der Waals surface area contributed by atoms with Gasteiger partial charge in [-0.1, -0.05) is 66.7 Å². The molecule has 1 saturated heterocycles. The van der Waals surface area contributed by atoms with Crippen LogP contribution >= 0.6 is 0 Å². The zero-order chi connectivity index (χ0) is 23.3. The van der Waals surface area contributed by atoms with E-state index in [1.54, 1.807) is 14.2 Å². The molecule has 0 radical (unpaired) electrons. The lowest BCUT2D eigenvalue weighted by atomic mass is 9.79. The van der Waals surface area contributed by atoms with Gasteiger partial charge in [0.25, 0.3) is 0 Å². The van der Waals surface area contributed by atoms with Gasteiger partial charge in [0.1, 0.15) is 5.75 Å². The van der Waals surface area contributed by atoms with Crippen molar-refractivity contribution < 1.29 is 14.3 Å². The lowest BCUT2D eigenvalue weighted by Gasteiger charge is -2.28. The number of rotatable bonds is 7. The molecule has 1 aliphatic rings. The molecule has 5 nitrogen and oxygen atoms in total. The van der Waals surface area contributed by atoms with Crippen LogP contribution in [0.5, 0.6) is 5.75 Å². The molecule has 33 heavy (non-hydrogen) atoms. The zero-order valence-electron chi connectivity index (χ0n) is 19.2. The largest absolute Gasteiger partial charge is 0.497 e. The second kappa shape index (κ2) is 9.90. The minimum absolute atomic E-state index is 0.00991. The van der Waals surface area contributed by atoms with Gasteiger partial charge in [0, 0.05) is 20.1 Å². The Morgan fingerprint density at radius 2 is 1.67 bits per heavy atom. The Bertz CT molecular complexity index is 1130. The molecule has 3 aromatic rings. The van der Waals surface area contributed by atoms with E-state index in [1.165, 1.54) is 0 Å². The molecule has 1 fully saturated rings. The Kier molecular flexibility index (Phi) is 6.78. The van der Waals surface area contributed by atoms with Gasteiger partial charge >= 0.3 is 0 Å². The average Bonchev–Trinajstić information content (AvgIpc) is 3.29. The lowest BCUT2D eigenvalue weighted by molar-refractivity contribution is -0.132. The van der Waals surface area contributed by atoms with Gasteiger partial charge in [-0.05, 0) is 47.2 Å². The number of amides is 2. The van der Waals surface area contributed by atoms with Crippen LogP contribution in [0.4, 0.5) is 0 Å². The van der Waals surface area contributed by atoms with E-state index in [0.717, 1.165) is 28.0 Å². The van der Waals surface area contributed by atoms with Crippen LogP contribution in [-0.4, -0.2) is 44.0 Å². The molecule has 0 aliphatic carbocycles. The Morgan fingerprint density at radius 3 is 2.42 bits per heavy atom. The number of likely N-dealkylation sites (tertiary alicyclic amines) is 1. The Morgan fingerprint density at radius 1 is 0.939 bits per heavy atom. The molecule has 0 spiro atoms. The van der Waals surface area contributed by atoms with Crippen molar-refractivity contribution in [2.75, 3.05) is 27.2 Å². The van der Waals surface area contributed by atoms with Gasteiger partial charge in [0.15, 0.2) is 0 Å². The van der Waals surface area contributed by atoms with Crippen molar-refractivity contribution in [3.8, 4) is 16.9 Å². The molecule has 4 rings (SSSR count). The minimum atomic E-state index is -0.631. The Balaban J connectivity index is 1.52.